The van der Waals surface area contributed by atoms with E-state index in [9.17, 15) is 0 Å². The summed E-state index contributed by atoms with van der Waals surface area (Å²) in [6.45, 7) is 1.79. The number of hydrogen-bond donors (Lipinski definition) is 0. The molecule has 1 saturated heterocycles. The van der Waals surface area contributed by atoms with Crippen molar-refractivity contribution in [2.45, 2.75) is 17.7 Å². The Kier molecular flexibility index (Phi) is 4.54. The molecule has 1 nitrogen and oxygen atoms in total. The van der Waals surface area contributed by atoms with Crippen LogP contribution in [0, 0.1) is 5.92 Å². The van der Waals surface area contributed by atoms with Crippen LogP contribution < -0.4 is 0 Å². The smallest absolute Gasteiger partial charge is 0.0508 e. The maximum Gasteiger partial charge on any atom is 0.0508 e. The fourth-order valence-electron chi connectivity index (χ4n) is 2.76. The van der Waals surface area contributed by atoms with Gasteiger partial charge < -0.3 is 4.74 Å². The second-order valence-electron chi connectivity index (χ2n) is 5.37. The predicted octanol–water partition coefficient (Wildman–Crippen LogP) is 5.22. The molecule has 1 aliphatic heterocycles. The van der Waals surface area contributed by atoms with E-state index in [1.807, 2.05) is 0 Å². The summed E-state index contributed by atoms with van der Waals surface area (Å²) in [6.07, 6.45) is 2.42. The summed E-state index contributed by atoms with van der Waals surface area (Å²) in [7, 11) is 0. The van der Waals surface area contributed by atoms with Gasteiger partial charge in [-0.3, -0.25) is 0 Å². The third-order valence-electron chi connectivity index (χ3n) is 3.95. The summed E-state index contributed by atoms with van der Waals surface area (Å²) in [6, 6.07) is 19.4. The Hall–Kier alpha value is -1.12. The molecule has 2 aromatic rings. The average Bonchev–Trinajstić information content (AvgIpc) is 2.56. The molecule has 20 heavy (non-hydrogen) atoms. The molecule has 1 heterocycles. The SMILES string of the molecule is BrC(c1ccc(-c2ccccc2)cc1)C1CCCOC1. The highest BCUT2D eigenvalue weighted by atomic mass is 79.9. The Morgan fingerprint density at radius 2 is 1.65 bits per heavy atom. The second-order valence-corrected chi connectivity index (χ2v) is 6.35. The van der Waals surface area contributed by atoms with E-state index >= 15 is 0 Å². The zero-order valence-electron chi connectivity index (χ0n) is 11.5. The highest BCUT2D eigenvalue weighted by Gasteiger charge is 2.23. The van der Waals surface area contributed by atoms with Crippen LogP contribution in [0.15, 0.2) is 54.6 Å². The fraction of sp³-hybridized carbons (Fsp3) is 0.333. The molecule has 0 N–H and O–H groups in total. The van der Waals surface area contributed by atoms with Crippen LogP contribution in [-0.2, 0) is 4.74 Å². The van der Waals surface area contributed by atoms with Gasteiger partial charge in [-0.1, -0.05) is 70.5 Å². The third kappa shape index (κ3) is 3.13. The Balaban J connectivity index is 1.75. The molecule has 1 aliphatic rings. The number of alkyl halides is 1. The number of hydrogen-bond acceptors (Lipinski definition) is 1. The van der Waals surface area contributed by atoms with Crippen molar-refractivity contribution in [3.8, 4) is 11.1 Å². The molecule has 0 saturated carbocycles. The van der Waals surface area contributed by atoms with Crippen molar-refractivity contribution in [3.05, 3.63) is 60.2 Å². The lowest BCUT2D eigenvalue weighted by Gasteiger charge is -2.26. The lowest BCUT2D eigenvalue weighted by Crippen LogP contribution is -2.20. The molecule has 0 aliphatic carbocycles. The van der Waals surface area contributed by atoms with Crippen molar-refractivity contribution >= 4 is 15.9 Å². The molecular formula is C18H19BrO. The Bertz CT molecular complexity index is 529. The van der Waals surface area contributed by atoms with E-state index in [0.717, 1.165) is 13.2 Å². The molecule has 0 bridgehead atoms. The molecule has 3 rings (SSSR count). The highest BCUT2D eigenvalue weighted by Crippen LogP contribution is 2.36. The lowest BCUT2D eigenvalue weighted by atomic mass is 9.93. The van der Waals surface area contributed by atoms with Gasteiger partial charge in [-0.05, 0) is 35.4 Å². The van der Waals surface area contributed by atoms with Crippen molar-refractivity contribution in [1.29, 1.82) is 0 Å². The molecular weight excluding hydrogens is 312 g/mol. The van der Waals surface area contributed by atoms with Crippen LogP contribution in [0.3, 0.4) is 0 Å². The molecule has 0 spiro atoms. The third-order valence-corrected chi connectivity index (χ3v) is 5.22. The minimum atomic E-state index is 0.396. The first-order valence-corrected chi connectivity index (χ1v) is 8.13. The summed E-state index contributed by atoms with van der Waals surface area (Å²) in [4.78, 5) is 0.396. The van der Waals surface area contributed by atoms with Crippen LogP contribution in [0.25, 0.3) is 11.1 Å². The minimum Gasteiger partial charge on any atom is -0.381 e. The standard InChI is InChI=1S/C18H19BrO/c19-18(17-7-4-12-20-13-17)16-10-8-15(9-11-16)14-5-2-1-3-6-14/h1-3,5-6,8-11,17-18H,4,7,12-13H2. The lowest BCUT2D eigenvalue weighted by molar-refractivity contribution is 0.0546. The van der Waals surface area contributed by atoms with Crippen molar-refractivity contribution in [2.75, 3.05) is 13.2 Å². The number of benzene rings is 2. The summed E-state index contributed by atoms with van der Waals surface area (Å²) in [5.74, 6) is 0.589. The van der Waals surface area contributed by atoms with Crippen molar-refractivity contribution < 1.29 is 4.74 Å². The van der Waals surface area contributed by atoms with Gasteiger partial charge in [-0.15, -0.1) is 0 Å². The van der Waals surface area contributed by atoms with Crippen molar-refractivity contribution in [3.63, 3.8) is 0 Å². The molecule has 2 atom stereocenters. The van der Waals surface area contributed by atoms with Gasteiger partial charge in [0, 0.05) is 11.4 Å². The van der Waals surface area contributed by atoms with E-state index in [1.54, 1.807) is 0 Å². The normalized spacial score (nSPS) is 20.6. The number of halogens is 1. The van der Waals surface area contributed by atoms with Gasteiger partial charge in [0.1, 0.15) is 0 Å². The number of ether oxygens (including phenoxy) is 1. The molecule has 104 valence electrons. The Labute approximate surface area is 129 Å². The minimum absolute atomic E-state index is 0.396. The maximum atomic E-state index is 5.59. The molecule has 0 radical (unpaired) electrons. The van der Waals surface area contributed by atoms with Crippen LogP contribution in [0.5, 0.6) is 0 Å². The maximum absolute atomic E-state index is 5.59. The Morgan fingerprint density at radius 3 is 2.30 bits per heavy atom. The average molecular weight is 331 g/mol. The van der Waals surface area contributed by atoms with Crippen LogP contribution in [-0.4, -0.2) is 13.2 Å². The van der Waals surface area contributed by atoms with Gasteiger partial charge in [0.15, 0.2) is 0 Å². The van der Waals surface area contributed by atoms with E-state index < -0.39 is 0 Å². The fourth-order valence-corrected chi connectivity index (χ4v) is 3.48. The first-order valence-electron chi connectivity index (χ1n) is 7.22. The van der Waals surface area contributed by atoms with Crippen LogP contribution in [0.2, 0.25) is 0 Å². The first-order chi connectivity index (χ1) is 9.84. The largest absolute Gasteiger partial charge is 0.381 e. The monoisotopic (exact) mass is 330 g/mol. The molecule has 2 unspecified atom stereocenters. The van der Waals surface area contributed by atoms with Crippen LogP contribution in [0.1, 0.15) is 23.2 Å². The van der Waals surface area contributed by atoms with Crippen LogP contribution in [0.4, 0.5) is 0 Å². The van der Waals surface area contributed by atoms with E-state index in [0.29, 0.717) is 10.7 Å². The molecule has 2 aromatic carbocycles. The van der Waals surface area contributed by atoms with Gasteiger partial charge in [0.05, 0.1) is 6.61 Å². The van der Waals surface area contributed by atoms with E-state index in [2.05, 4.69) is 70.5 Å². The molecule has 1 fully saturated rings. The molecule has 2 heteroatoms. The van der Waals surface area contributed by atoms with Gasteiger partial charge >= 0.3 is 0 Å². The quantitative estimate of drug-likeness (QED) is 0.701. The van der Waals surface area contributed by atoms with Crippen LogP contribution >= 0.6 is 15.9 Å². The van der Waals surface area contributed by atoms with E-state index in [1.165, 1.54) is 29.5 Å². The first kappa shape index (κ1) is 13.8. The molecule has 0 amide bonds. The van der Waals surface area contributed by atoms with Gasteiger partial charge in [-0.2, -0.15) is 0 Å². The predicted molar refractivity (Wildman–Crippen MR) is 87.1 cm³/mol. The van der Waals surface area contributed by atoms with Gasteiger partial charge in [0.25, 0.3) is 0 Å². The topological polar surface area (TPSA) is 9.23 Å². The number of rotatable bonds is 3. The summed E-state index contributed by atoms with van der Waals surface area (Å²) >= 11 is 3.85. The summed E-state index contributed by atoms with van der Waals surface area (Å²) in [5, 5.41) is 0. The van der Waals surface area contributed by atoms with E-state index in [4.69, 9.17) is 4.74 Å². The summed E-state index contributed by atoms with van der Waals surface area (Å²) in [5.41, 5.74) is 3.89. The zero-order chi connectivity index (χ0) is 13.8. The zero-order valence-corrected chi connectivity index (χ0v) is 13.1. The summed E-state index contributed by atoms with van der Waals surface area (Å²) < 4.78 is 5.59. The second kappa shape index (κ2) is 6.55. The van der Waals surface area contributed by atoms with Crippen molar-refractivity contribution in [1.82, 2.24) is 0 Å². The van der Waals surface area contributed by atoms with E-state index in [-0.39, 0.29) is 0 Å². The van der Waals surface area contributed by atoms with Gasteiger partial charge in [0.2, 0.25) is 0 Å². The van der Waals surface area contributed by atoms with Crippen molar-refractivity contribution in [2.24, 2.45) is 5.92 Å². The molecule has 0 aromatic heterocycles. The highest BCUT2D eigenvalue weighted by molar-refractivity contribution is 9.09. The van der Waals surface area contributed by atoms with Gasteiger partial charge in [-0.25, -0.2) is 0 Å². The Morgan fingerprint density at radius 1 is 0.950 bits per heavy atom.